The molecule has 0 aliphatic rings. The van der Waals surface area contributed by atoms with Gasteiger partial charge in [0.25, 0.3) is 0 Å². The summed E-state index contributed by atoms with van der Waals surface area (Å²) in [5, 5.41) is 8.57. The van der Waals surface area contributed by atoms with Crippen LogP contribution in [0.3, 0.4) is 0 Å². The number of carboxylic acids is 1. The number of hydrogen-bond acceptors (Lipinski definition) is 1. The molecule has 0 aliphatic carbocycles. The molecule has 0 radical (unpaired) electrons. The van der Waals surface area contributed by atoms with E-state index in [1.54, 1.807) is 0 Å². The maximum Gasteiger partial charge on any atom is 0.303 e. The van der Waals surface area contributed by atoms with Gasteiger partial charge in [-0.05, 0) is 32.1 Å². The lowest BCUT2D eigenvalue weighted by molar-refractivity contribution is -0.137. The Kier molecular flexibility index (Phi) is 21.7. The summed E-state index contributed by atoms with van der Waals surface area (Å²) < 4.78 is 0. The Morgan fingerprint density at radius 2 is 0.964 bits per heavy atom. The minimum atomic E-state index is -0.670. The Hall–Kier alpha value is -1.83. The summed E-state index contributed by atoms with van der Waals surface area (Å²) in [6.45, 7) is 2.23. The molecule has 0 atom stereocenters. The van der Waals surface area contributed by atoms with Crippen LogP contribution in [0.2, 0.25) is 0 Å². The summed E-state index contributed by atoms with van der Waals surface area (Å²) in [7, 11) is 0. The summed E-state index contributed by atoms with van der Waals surface area (Å²) in [5.74, 6) is -0.670. The van der Waals surface area contributed by atoms with Gasteiger partial charge in [0, 0.05) is 6.42 Å². The highest BCUT2D eigenvalue weighted by atomic mass is 16.4. The molecule has 0 fully saturated rings. The summed E-state index contributed by atoms with van der Waals surface area (Å²) in [6, 6.07) is 0. The molecular formula is C26H42O2. The Labute approximate surface area is 173 Å². The van der Waals surface area contributed by atoms with E-state index in [0.29, 0.717) is 6.42 Å². The monoisotopic (exact) mass is 386 g/mol. The smallest absolute Gasteiger partial charge is 0.303 e. The quantitative estimate of drug-likeness (QED) is 0.179. The topological polar surface area (TPSA) is 37.3 Å². The van der Waals surface area contributed by atoms with Crippen LogP contribution in [0.4, 0.5) is 0 Å². The third-order valence-corrected chi connectivity index (χ3v) is 4.54. The third-order valence-electron chi connectivity index (χ3n) is 4.54. The van der Waals surface area contributed by atoms with Crippen LogP contribution in [-0.4, -0.2) is 11.1 Å². The minimum Gasteiger partial charge on any atom is -0.481 e. The first-order valence-electron chi connectivity index (χ1n) is 11.3. The first-order valence-corrected chi connectivity index (χ1v) is 11.3. The second kappa shape index (κ2) is 23.2. The van der Waals surface area contributed by atoms with Crippen molar-refractivity contribution in [3.05, 3.63) is 60.8 Å². The molecule has 0 aromatic heterocycles. The van der Waals surface area contributed by atoms with Crippen molar-refractivity contribution in [2.24, 2.45) is 0 Å². The fourth-order valence-electron chi connectivity index (χ4n) is 2.85. The molecule has 28 heavy (non-hydrogen) atoms. The molecule has 0 bridgehead atoms. The zero-order valence-corrected chi connectivity index (χ0v) is 18.0. The Morgan fingerprint density at radius 1 is 0.571 bits per heavy atom. The van der Waals surface area contributed by atoms with Gasteiger partial charge in [-0.3, -0.25) is 4.79 Å². The normalized spacial score (nSPS) is 12.6. The standard InChI is InChI=1S/C26H42O2/c1-2-3-4-5-6-7-8-9-10-11-12-13-14-15-16-17-18-19-20-21-22-23-24-25-26(27)28/h6-15H,2-5,16-25H2,1H3,(H,27,28)/b7-6+,9-8+,11-10+,13-12+,15-14-. The van der Waals surface area contributed by atoms with Crippen LogP contribution in [0.5, 0.6) is 0 Å². The molecule has 0 saturated carbocycles. The van der Waals surface area contributed by atoms with Gasteiger partial charge in [-0.1, -0.05) is 119 Å². The molecule has 2 heteroatoms. The number of hydrogen-bond donors (Lipinski definition) is 1. The van der Waals surface area contributed by atoms with Gasteiger partial charge in [-0.25, -0.2) is 0 Å². The first kappa shape index (κ1) is 26.2. The van der Waals surface area contributed by atoms with Crippen LogP contribution in [0.1, 0.15) is 96.8 Å². The molecule has 0 aliphatic heterocycles. The van der Waals surface area contributed by atoms with Crippen LogP contribution in [-0.2, 0) is 4.79 Å². The van der Waals surface area contributed by atoms with Gasteiger partial charge in [-0.15, -0.1) is 0 Å². The van der Waals surface area contributed by atoms with Crippen LogP contribution in [0, 0.1) is 0 Å². The van der Waals surface area contributed by atoms with Crippen molar-refractivity contribution in [3.63, 3.8) is 0 Å². The van der Waals surface area contributed by atoms with Crippen LogP contribution in [0.15, 0.2) is 60.8 Å². The lowest BCUT2D eigenvalue weighted by atomic mass is 10.1. The van der Waals surface area contributed by atoms with Gasteiger partial charge in [0.05, 0.1) is 0 Å². The maximum absolute atomic E-state index is 10.4. The molecule has 0 aromatic rings. The Morgan fingerprint density at radius 3 is 1.43 bits per heavy atom. The highest BCUT2D eigenvalue weighted by Crippen LogP contribution is 2.10. The van der Waals surface area contributed by atoms with Crippen molar-refractivity contribution >= 4 is 5.97 Å². The molecular weight excluding hydrogens is 344 g/mol. The summed E-state index contributed by atoms with van der Waals surface area (Å²) in [5.41, 5.74) is 0. The lowest BCUT2D eigenvalue weighted by Gasteiger charge is -2.00. The SMILES string of the molecule is CCCCC/C=C/C=C/C=C/C=C/C=C\CCCCCCCCCCC(=O)O. The molecule has 1 N–H and O–H groups in total. The molecule has 158 valence electrons. The summed E-state index contributed by atoms with van der Waals surface area (Å²) in [4.78, 5) is 10.4. The van der Waals surface area contributed by atoms with Gasteiger partial charge < -0.3 is 5.11 Å². The summed E-state index contributed by atoms with van der Waals surface area (Å²) in [6.07, 6.45) is 37.1. The number of carbonyl (C=O) groups is 1. The third kappa shape index (κ3) is 24.2. The fraction of sp³-hybridized carbons (Fsp3) is 0.577. The van der Waals surface area contributed by atoms with Crippen molar-refractivity contribution in [3.8, 4) is 0 Å². The van der Waals surface area contributed by atoms with E-state index in [-0.39, 0.29) is 0 Å². The maximum atomic E-state index is 10.4. The van der Waals surface area contributed by atoms with Crippen LogP contribution >= 0.6 is 0 Å². The predicted molar refractivity (Wildman–Crippen MR) is 124 cm³/mol. The van der Waals surface area contributed by atoms with E-state index in [9.17, 15) is 4.79 Å². The highest BCUT2D eigenvalue weighted by Gasteiger charge is 1.96. The lowest BCUT2D eigenvalue weighted by Crippen LogP contribution is -1.93. The molecule has 0 heterocycles. The zero-order chi connectivity index (χ0) is 20.5. The molecule has 0 aromatic carbocycles. The highest BCUT2D eigenvalue weighted by molar-refractivity contribution is 5.66. The predicted octanol–water partition coefficient (Wildman–Crippen LogP) is 8.33. The molecule has 0 unspecified atom stereocenters. The second-order valence-electron chi connectivity index (χ2n) is 7.27. The van der Waals surface area contributed by atoms with Gasteiger partial charge in [0.1, 0.15) is 0 Å². The van der Waals surface area contributed by atoms with E-state index in [4.69, 9.17) is 5.11 Å². The molecule has 0 spiro atoms. The first-order chi connectivity index (χ1) is 13.8. The fourth-order valence-corrected chi connectivity index (χ4v) is 2.85. The van der Waals surface area contributed by atoms with E-state index in [1.165, 1.54) is 64.2 Å². The second-order valence-corrected chi connectivity index (χ2v) is 7.27. The zero-order valence-electron chi connectivity index (χ0n) is 18.0. The van der Waals surface area contributed by atoms with Crippen LogP contribution < -0.4 is 0 Å². The minimum absolute atomic E-state index is 0.323. The van der Waals surface area contributed by atoms with E-state index in [2.05, 4.69) is 67.7 Å². The van der Waals surface area contributed by atoms with Crippen molar-refractivity contribution < 1.29 is 9.90 Å². The number of carboxylic acid groups (broad SMARTS) is 1. The Balaban J connectivity index is 3.41. The Bertz CT molecular complexity index is 481. The van der Waals surface area contributed by atoms with Gasteiger partial charge in [0.2, 0.25) is 0 Å². The van der Waals surface area contributed by atoms with Gasteiger partial charge >= 0.3 is 5.97 Å². The average molecular weight is 387 g/mol. The number of aliphatic carboxylic acids is 1. The van der Waals surface area contributed by atoms with Gasteiger partial charge in [0.15, 0.2) is 0 Å². The van der Waals surface area contributed by atoms with E-state index in [0.717, 1.165) is 19.3 Å². The van der Waals surface area contributed by atoms with E-state index >= 15 is 0 Å². The number of unbranched alkanes of at least 4 members (excludes halogenated alkanes) is 11. The molecule has 2 nitrogen and oxygen atoms in total. The largest absolute Gasteiger partial charge is 0.481 e. The molecule has 0 rings (SSSR count). The molecule has 0 amide bonds. The molecule has 0 saturated heterocycles. The van der Waals surface area contributed by atoms with Crippen molar-refractivity contribution in [2.75, 3.05) is 0 Å². The van der Waals surface area contributed by atoms with E-state index < -0.39 is 5.97 Å². The number of rotatable bonds is 19. The van der Waals surface area contributed by atoms with Crippen LogP contribution in [0.25, 0.3) is 0 Å². The van der Waals surface area contributed by atoms with Crippen molar-refractivity contribution in [1.82, 2.24) is 0 Å². The number of allylic oxidation sites excluding steroid dienone is 10. The summed E-state index contributed by atoms with van der Waals surface area (Å²) >= 11 is 0. The van der Waals surface area contributed by atoms with Gasteiger partial charge in [-0.2, -0.15) is 0 Å². The average Bonchev–Trinajstić information content (AvgIpc) is 2.68. The van der Waals surface area contributed by atoms with E-state index in [1.807, 2.05) is 0 Å². The van der Waals surface area contributed by atoms with Crippen molar-refractivity contribution in [2.45, 2.75) is 96.8 Å². The van der Waals surface area contributed by atoms with Crippen molar-refractivity contribution in [1.29, 1.82) is 0 Å².